The second-order valence-corrected chi connectivity index (χ2v) is 5.78. The van der Waals surface area contributed by atoms with E-state index in [0.29, 0.717) is 5.75 Å². The van der Waals surface area contributed by atoms with Gasteiger partial charge in [-0.3, -0.25) is 0 Å². The average Bonchev–Trinajstić information content (AvgIpc) is 2.40. The van der Waals surface area contributed by atoms with Crippen molar-refractivity contribution in [2.75, 3.05) is 0 Å². The molecule has 0 spiro atoms. The highest BCUT2D eigenvalue weighted by molar-refractivity contribution is 5.31. The monoisotopic (exact) mass is 276 g/mol. The molecule has 0 atom stereocenters. The van der Waals surface area contributed by atoms with Gasteiger partial charge in [-0.2, -0.15) is 0 Å². The largest absolute Gasteiger partial charge is 0.489 e. The lowest BCUT2D eigenvalue weighted by Crippen LogP contribution is -2.10. The van der Waals surface area contributed by atoms with E-state index in [2.05, 4.69) is 20.8 Å². The molecule has 0 bridgehead atoms. The van der Waals surface area contributed by atoms with E-state index in [0.717, 1.165) is 6.07 Å². The summed E-state index contributed by atoms with van der Waals surface area (Å²) in [7, 11) is 0. The lowest BCUT2D eigenvalue weighted by molar-refractivity contribution is 0.297. The molecule has 0 fully saturated rings. The molecule has 0 unspecified atom stereocenters. The predicted molar refractivity (Wildman–Crippen MR) is 75.8 cm³/mol. The summed E-state index contributed by atoms with van der Waals surface area (Å²) in [5.74, 6) is -1.06. The minimum atomic E-state index is -0.853. The summed E-state index contributed by atoms with van der Waals surface area (Å²) in [6.07, 6.45) is 0. The number of rotatable bonds is 3. The van der Waals surface area contributed by atoms with Crippen LogP contribution in [0.5, 0.6) is 5.75 Å². The summed E-state index contributed by atoms with van der Waals surface area (Å²) in [5.41, 5.74) is 1.49. The highest BCUT2D eigenvalue weighted by Gasteiger charge is 2.13. The predicted octanol–water partition coefficient (Wildman–Crippen LogP) is 4.84. The van der Waals surface area contributed by atoms with E-state index in [1.165, 1.54) is 17.7 Å². The Labute approximate surface area is 118 Å². The highest BCUT2D eigenvalue weighted by Crippen LogP contribution is 2.24. The molecule has 3 heteroatoms. The van der Waals surface area contributed by atoms with E-state index in [4.69, 9.17) is 4.74 Å². The fourth-order valence-electron chi connectivity index (χ4n) is 1.87. The third-order valence-corrected chi connectivity index (χ3v) is 3.15. The van der Waals surface area contributed by atoms with E-state index in [1.54, 1.807) is 0 Å². The minimum Gasteiger partial charge on any atom is -0.489 e. The molecule has 0 N–H and O–H groups in total. The summed E-state index contributed by atoms with van der Waals surface area (Å²) < 4.78 is 32.0. The quantitative estimate of drug-likeness (QED) is 0.779. The van der Waals surface area contributed by atoms with Gasteiger partial charge in [0.1, 0.15) is 12.4 Å². The Morgan fingerprint density at radius 1 is 0.950 bits per heavy atom. The number of ether oxygens (including phenoxy) is 1. The zero-order chi connectivity index (χ0) is 14.8. The lowest BCUT2D eigenvalue weighted by atomic mass is 9.87. The normalized spacial score (nSPS) is 11.4. The van der Waals surface area contributed by atoms with Gasteiger partial charge in [-0.05, 0) is 29.2 Å². The van der Waals surface area contributed by atoms with Crippen molar-refractivity contribution in [3.63, 3.8) is 0 Å². The molecule has 0 aliphatic heterocycles. The third-order valence-electron chi connectivity index (χ3n) is 3.15. The maximum Gasteiger partial charge on any atom is 0.165 e. The molecule has 2 rings (SSSR count). The van der Waals surface area contributed by atoms with E-state index >= 15 is 0 Å². The van der Waals surface area contributed by atoms with Crippen LogP contribution < -0.4 is 4.74 Å². The second kappa shape index (κ2) is 5.61. The zero-order valence-corrected chi connectivity index (χ0v) is 11.9. The second-order valence-electron chi connectivity index (χ2n) is 5.78. The SMILES string of the molecule is CC(C)(C)c1ccc(OCc2cccc(F)c2F)cc1. The van der Waals surface area contributed by atoms with Crippen LogP contribution in [0.1, 0.15) is 31.9 Å². The van der Waals surface area contributed by atoms with Crippen molar-refractivity contribution in [3.8, 4) is 5.75 Å². The van der Waals surface area contributed by atoms with E-state index in [1.807, 2.05) is 24.3 Å². The van der Waals surface area contributed by atoms with Gasteiger partial charge >= 0.3 is 0 Å². The molecule has 0 radical (unpaired) electrons. The molecular formula is C17H18F2O. The van der Waals surface area contributed by atoms with Gasteiger partial charge in [-0.1, -0.05) is 45.0 Å². The molecule has 0 heterocycles. The number of hydrogen-bond acceptors (Lipinski definition) is 1. The molecular weight excluding hydrogens is 258 g/mol. The third kappa shape index (κ3) is 3.35. The molecule has 0 amide bonds. The molecule has 0 saturated heterocycles. The summed E-state index contributed by atoms with van der Waals surface area (Å²) in [5, 5.41) is 0. The molecule has 2 aromatic carbocycles. The Bertz CT molecular complexity index is 583. The van der Waals surface area contributed by atoms with E-state index in [9.17, 15) is 8.78 Å². The summed E-state index contributed by atoms with van der Waals surface area (Å²) in [6.45, 7) is 6.40. The van der Waals surface area contributed by atoms with Gasteiger partial charge in [0.2, 0.25) is 0 Å². The van der Waals surface area contributed by atoms with Crippen LogP contribution in [0, 0.1) is 11.6 Å². The minimum absolute atomic E-state index is 0.0124. The molecule has 0 aliphatic rings. The van der Waals surface area contributed by atoms with Gasteiger partial charge in [0.25, 0.3) is 0 Å². The van der Waals surface area contributed by atoms with Crippen molar-refractivity contribution in [2.45, 2.75) is 32.8 Å². The van der Waals surface area contributed by atoms with Gasteiger partial charge in [0, 0.05) is 5.56 Å². The van der Waals surface area contributed by atoms with Crippen molar-refractivity contribution in [3.05, 3.63) is 65.2 Å². The first-order chi connectivity index (χ1) is 9.38. The van der Waals surface area contributed by atoms with Gasteiger partial charge in [-0.25, -0.2) is 8.78 Å². The smallest absolute Gasteiger partial charge is 0.165 e. The number of benzene rings is 2. The average molecular weight is 276 g/mol. The van der Waals surface area contributed by atoms with Crippen molar-refractivity contribution in [1.82, 2.24) is 0 Å². The summed E-state index contributed by atoms with van der Waals surface area (Å²) in [6, 6.07) is 11.7. The Kier molecular flexibility index (Phi) is 4.07. The maximum absolute atomic E-state index is 13.5. The van der Waals surface area contributed by atoms with Gasteiger partial charge in [-0.15, -0.1) is 0 Å². The Morgan fingerprint density at radius 3 is 2.20 bits per heavy atom. The van der Waals surface area contributed by atoms with Gasteiger partial charge in [0.15, 0.2) is 11.6 Å². The first-order valence-electron chi connectivity index (χ1n) is 6.54. The van der Waals surface area contributed by atoms with Crippen LogP contribution in [0.3, 0.4) is 0 Å². The van der Waals surface area contributed by atoms with E-state index in [-0.39, 0.29) is 17.6 Å². The van der Waals surface area contributed by atoms with Crippen molar-refractivity contribution in [2.24, 2.45) is 0 Å². The molecule has 0 aliphatic carbocycles. The van der Waals surface area contributed by atoms with Crippen molar-refractivity contribution >= 4 is 0 Å². The lowest BCUT2D eigenvalue weighted by Gasteiger charge is -2.19. The van der Waals surface area contributed by atoms with Crippen LogP contribution in [0.2, 0.25) is 0 Å². The fraction of sp³-hybridized carbons (Fsp3) is 0.294. The van der Waals surface area contributed by atoms with Crippen LogP contribution in [-0.4, -0.2) is 0 Å². The van der Waals surface area contributed by atoms with E-state index < -0.39 is 11.6 Å². The molecule has 2 aromatic rings. The summed E-state index contributed by atoms with van der Waals surface area (Å²) in [4.78, 5) is 0. The molecule has 1 nitrogen and oxygen atoms in total. The Balaban J connectivity index is 2.06. The number of halogens is 2. The molecule has 20 heavy (non-hydrogen) atoms. The standard InChI is InChI=1S/C17H18F2O/c1-17(2,3)13-7-9-14(10-8-13)20-11-12-5-4-6-15(18)16(12)19/h4-10H,11H2,1-3H3. The van der Waals surface area contributed by atoms with Crippen LogP contribution in [0.15, 0.2) is 42.5 Å². The molecule has 0 saturated carbocycles. The first-order valence-corrected chi connectivity index (χ1v) is 6.54. The zero-order valence-electron chi connectivity index (χ0n) is 11.9. The maximum atomic E-state index is 13.5. The van der Waals surface area contributed by atoms with Crippen LogP contribution in [0.25, 0.3) is 0 Å². The van der Waals surface area contributed by atoms with Crippen molar-refractivity contribution < 1.29 is 13.5 Å². The van der Waals surface area contributed by atoms with Gasteiger partial charge in [0.05, 0.1) is 0 Å². The Hall–Kier alpha value is -1.90. The summed E-state index contributed by atoms with van der Waals surface area (Å²) >= 11 is 0. The Morgan fingerprint density at radius 2 is 1.60 bits per heavy atom. The topological polar surface area (TPSA) is 9.23 Å². The molecule has 0 aromatic heterocycles. The molecule has 106 valence electrons. The van der Waals surface area contributed by atoms with Crippen LogP contribution in [0.4, 0.5) is 8.78 Å². The first kappa shape index (κ1) is 14.5. The fourth-order valence-corrected chi connectivity index (χ4v) is 1.87. The van der Waals surface area contributed by atoms with Crippen LogP contribution in [-0.2, 0) is 12.0 Å². The van der Waals surface area contributed by atoms with Crippen LogP contribution >= 0.6 is 0 Å². The highest BCUT2D eigenvalue weighted by atomic mass is 19.2. The van der Waals surface area contributed by atoms with Gasteiger partial charge < -0.3 is 4.74 Å². The number of hydrogen-bond donors (Lipinski definition) is 0. The van der Waals surface area contributed by atoms with Crippen molar-refractivity contribution in [1.29, 1.82) is 0 Å².